The van der Waals surface area contributed by atoms with Crippen molar-refractivity contribution in [3.05, 3.63) is 23.9 Å². The second kappa shape index (κ2) is 5.00. The molecule has 0 aliphatic heterocycles. The number of pyridine rings is 1. The lowest BCUT2D eigenvalue weighted by atomic mass is 10.2. The Kier molecular flexibility index (Phi) is 3.95. The van der Waals surface area contributed by atoms with Crippen LogP contribution in [0, 0.1) is 12.8 Å². The van der Waals surface area contributed by atoms with Gasteiger partial charge in [0.05, 0.1) is 10.9 Å². The lowest BCUT2D eigenvalue weighted by Gasteiger charge is -2.06. The van der Waals surface area contributed by atoms with Crippen LogP contribution in [-0.4, -0.2) is 21.8 Å². The highest BCUT2D eigenvalue weighted by atomic mass is 32.2. The first kappa shape index (κ1) is 11.0. The summed E-state index contributed by atoms with van der Waals surface area (Å²) in [5.74, 6) is -0.528. The van der Waals surface area contributed by atoms with Gasteiger partial charge in [0.1, 0.15) is 0 Å². The Bertz CT molecular complexity index is 328. The summed E-state index contributed by atoms with van der Waals surface area (Å²) in [6.07, 6.45) is 1.72. The molecule has 0 saturated carbocycles. The molecule has 1 N–H and O–H groups in total. The molecule has 1 aromatic rings. The average molecular weight is 211 g/mol. The van der Waals surface area contributed by atoms with E-state index in [-0.39, 0.29) is 5.92 Å². The molecule has 0 aromatic carbocycles. The van der Waals surface area contributed by atoms with Crippen LogP contribution in [0.3, 0.4) is 0 Å². The van der Waals surface area contributed by atoms with E-state index in [4.69, 9.17) is 5.11 Å². The van der Waals surface area contributed by atoms with E-state index in [9.17, 15) is 4.79 Å². The summed E-state index contributed by atoms with van der Waals surface area (Å²) in [5.41, 5.74) is 1.09. The summed E-state index contributed by atoms with van der Waals surface area (Å²) < 4.78 is 0. The van der Waals surface area contributed by atoms with Crippen LogP contribution in [0.4, 0.5) is 0 Å². The molecule has 0 aliphatic carbocycles. The Labute approximate surface area is 87.6 Å². The maximum absolute atomic E-state index is 10.6. The zero-order valence-electron chi connectivity index (χ0n) is 8.23. The molecule has 14 heavy (non-hydrogen) atoms. The van der Waals surface area contributed by atoms with Crippen molar-refractivity contribution in [1.82, 2.24) is 4.98 Å². The lowest BCUT2D eigenvalue weighted by Crippen LogP contribution is -2.11. The maximum Gasteiger partial charge on any atom is 0.307 e. The van der Waals surface area contributed by atoms with Gasteiger partial charge in [-0.05, 0) is 18.6 Å². The Morgan fingerprint density at radius 1 is 1.71 bits per heavy atom. The van der Waals surface area contributed by atoms with Crippen LogP contribution in [0.1, 0.15) is 12.5 Å². The summed E-state index contributed by atoms with van der Waals surface area (Å²) in [6.45, 7) is 3.67. The number of aryl methyl sites for hydroxylation is 1. The molecule has 4 heteroatoms. The number of nitrogens with zero attached hydrogens (tertiary/aromatic N) is 1. The first-order valence-electron chi connectivity index (χ1n) is 4.38. The molecule has 1 unspecified atom stereocenters. The van der Waals surface area contributed by atoms with E-state index in [0.717, 1.165) is 10.6 Å². The van der Waals surface area contributed by atoms with Gasteiger partial charge in [-0.3, -0.25) is 4.79 Å². The van der Waals surface area contributed by atoms with Crippen LogP contribution in [0.2, 0.25) is 0 Å². The van der Waals surface area contributed by atoms with E-state index in [1.165, 1.54) is 11.8 Å². The van der Waals surface area contributed by atoms with Crippen molar-refractivity contribution in [2.24, 2.45) is 5.92 Å². The lowest BCUT2D eigenvalue weighted by molar-refractivity contribution is -0.140. The first-order valence-corrected chi connectivity index (χ1v) is 5.37. The number of rotatable bonds is 4. The van der Waals surface area contributed by atoms with Crippen molar-refractivity contribution in [2.75, 3.05) is 5.75 Å². The molecule has 0 radical (unpaired) electrons. The molecule has 1 atom stereocenters. The number of hydrogen-bond acceptors (Lipinski definition) is 3. The van der Waals surface area contributed by atoms with Crippen molar-refractivity contribution in [3.63, 3.8) is 0 Å². The minimum absolute atomic E-state index is 0.332. The molecular weight excluding hydrogens is 198 g/mol. The third kappa shape index (κ3) is 3.03. The molecule has 1 rings (SSSR count). The van der Waals surface area contributed by atoms with E-state index < -0.39 is 5.97 Å². The number of carbonyl (C=O) groups is 1. The number of carboxylic acid groups (broad SMARTS) is 1. The number of hydrogen-bond donors (Lipinski definition) is 1. The van der Waals surface area contributed by atoms with Gasteiger partial charge in [-0.1, -0.05) is 13.0 Å². The molecule has 0 aliphatic rings. The predicted molar refractivity (Wildman–Crippen MR) is 56.5 cm³/mol. The molecule has 1 aromatic heterocycles. The minimum Gasteiger partial charge on any atom is -0.481 e. The van der Waals surface area contributed by atoms with Crippen molar-refractivity contribution in [3.8, 4) is 0 Å². The van der Waals surface area contributed by atoms with Gasteiger partial charge in [-0.25, -0.2) is 4.98 Å². The van der Waals surface area contributed by atoms with Crippen molar-refractivity contribution >= 4 is 17.7 Å². The fraction of sp³-hybridized carbons (Fsp3) is 0.400. The van der Waals surface area contributed by atoms with Crippen LogP contribution in [0.5, 0.6) is 0 Å². The highest BCUT2D eigenvalue weighted by Gasteiger charge is 2.11. The summed E-state index contributed by atoms with van der Waals surface area (Å²) >= 11 is 1.49. The van der Waals surface area contributed by atoms with Gasteiger partial charge in [0.25, 0.3) is 0 Å². The first-order chi connectivity index (χ1) is 6.61. The summed E-state index contributed by atoms with van der Waals surface area (Å²) in [5, 5.41) is 9.61. The van der Waals surface area contributed by atoms with Crippen molar-refractivity contribution in [1.29, 1.82) is 0 Å². The zero-order chi connectivity index (χ0) is 10.6. The van der Waals surface area contributed by atoms with Crippen LogP contribution in [0.15, 0.2) is 23.4 Å². The molecule has 1 heterocycles. The van der Waals surface area contributed by atoms with E-state index in [1.807, 2.05) is 19.1 Å². The van der Waals surface area contributed by atoms with E-state index in [1.54, 1.807) is 13.1 Å². The minimum atomic E-state index is -0.758. The average Bonchev–Trinajstić information content (AvgIpc) is 2.16. The highest BCUT2D eigenvalue weighted by molar-refractivity contribution is 7.99. The van der Waals surface area contributed by atoms with Gasteiger partial charge in [-0.15, -0.1) is 11.8 Å². The normalized spacial score (nSPS) is 12.4. The second-order valence-electron chi connectivity index (χ2n) is 3.18. The van der Waals surface area contributed by atoms with E-state index >= 15 is 0 Å². The van der Waals surface area contributed by atoms with Gasteiger partial charge < -0.3 is 5.11 Å². The van der Waals surface area contributed by atoms with Gasteiger partial charge >= 0.3 is 5.97 Å². The number of thioether (sulfide) groups is 1. The van der Waals surface area contributed by atoms with Crippen LogP contribution in [-0.2, 0) is 4.79 Å². The SMILES string of the molecule is Cc1cccnc1SCC(C)C(=O)O. The van der Waals surface area contributed by atoms with Crippen molar-refractivity contribution < 1.29 is 9.90 Å². The Hall–Kier alpha value is -1.03. The molecule has 0 amide bonds. The second-order valence-corrected chi connectivity index (χ2v) is 4.18. The fourth-order valence-corrected chi connectivity index (χ4v) is 1.88. The Morgan fingerprint density at radius 2 is 2.43 bits per heavy atom. The van der Waals surface area contributed by atoms with Crippen molar-refractivity contribution in [2.45, 2.75) is 18.9 Å². The Morgan fingerprint density at radius 3 is 3.00 bits per heavy atom. The fourth-order valence-electron chi connectivity index (χ4n) is 0.898. The topological polar surface area (TPSA) is 50.2 Å². The summed E-state index contributed by atoms with van der Waals surface area (Å²) in [4.78, 5) is 14.8. The maximum atomic E-state index is 10.6. The quantitative estimate of drug-likeness (QED) is 0.776. The molecule has 76 valence electrons. The van der Waals surface area contributed by atoms with Gasteiger partial charge in [-0.2, -0.15) is 0 Å². The van der Waals surface area contributed by atoms with Gasteiger partial charge in [0, 0.05) is 11.9 Å². The van der Waals surface area contributed by atoms with Gasteiger partial charge in [0.2, 0.25) is 0 Å². The smallest absolute Gasteiger partial charge is 0.307 e. The van der Waals surface area contributed by atoms with Gasteiger partial charge in [0.15, 0.2) is 0 Å². The van der Waals surface area contributed by atoms with E-state index in [2.05, 4.69) is 4.98 Å². The molecule has 0 spiro atoms. The summed E-state index contributed by atoms with van der Waals surface area (Å²) in [6, 6.07) is 3.85. The van der Waals surface area contributed by atoms with Crippen LogP contribution < -0.4 is 0 Å². The molecular formula is C10H13NO2S. The number of aliphatic carboxylic acids is 1. The third-order valence-corrected chi connectivity index (χ3v) is 3.22. The number of carboxylic acids is 1. The number of aromatic nitrogens is 1. The molecule has 3 nitrogen and oxygen atoms in total. The van der Waals surface area contributed by atoms with Crippen LogP contribution >= 0.6 is 11.8 Å². The largest absolute Gasteiger partial charge is 0.481 e. The standard InChI is InChI=1S/C10H13NO2S/c1-7-4-3-5-11-9(7)14-6-8(2)10(12)13/h3-5,8H,6H2,1-2H3,(H,12,13). The molecule has 0 saturated heterocycles. The Balaban J connectivity index is 2.54. The zero-order valence-corrected chi connectivity index (χ0v) is 9.04. The third-order valence-electron chi connectivity index (χ3n) is 1.85. The molecule has 0 fully saturated rings. The van der Waals surface area contributed by atoms with Crippen LogP contribution in [0.25, 0.3) is 0 Å². The monoisotopic (exact) mass is 211 g/mol. The molecule has 0 bridgehead atoms. The highest BCUT2D eigenvalue weighted by Crippen LogP contribution is 2.21. The summed E-state index contributed by atoms with van der Waals surface area (Å²) in [7, 11) is 0. The predicted octanol–water partition coefficient (Wildman–Crippen LogP) is 2.20. The van der Waals surface area contributed by atoms with E-state index in [0.29, 0.717) is 5.75 Å².